The zero-order valence-electron chi connectivity index (χ0n) is 12.0. The highest BCUT2D eigenvalue weighted by Crippen LogP contribution is 2.24. The molecule has 0 aliphatic rings. The molecule has 0 radical (unpaired) electrons. The predicted octanol–water partition coefficient (Wildman–Crippen LogP) is 5.78. The molecule has 19 heavy (non-hydrogen) atoms. The minimum Gasteiger partial charge on any atom is -0.203 e. The maximum Gasteiger partial charge on any atom is 0.200 e. The highest BCUT2D eigenvalue weighted by molar-refractivity contribution is 5.24. The number of hydrogen-bond donors (Lipinski definition) is 0. The molecule has 1 rings (SSSR count). The van der Waals surface area contributed by atoms with Crippen molar-refractivity contribution in [3.8, 4) is 0 Å². The minimum atomic E-state index is -2.11. The van der Waals surface area contributed by atoms with Crippen LogP contribution in [-0.2, 0) is 6.42 Å². The molecule has 1 aromatic rings. The van der Waals surface area contributed by atoms with Crippen LogP contribution in [0.5, 0.6) is 0 Å². The quantitative estimate of drug-likeness (QED) is 0.375. The number of unbranched alkanes of at least 4 members (excludes halogenated alkanes) is 1. The van der Waals surface area contributed by atoms with Crippen LogP contribution in [0.25, 0.3) is 0 Å². The second-order valence-electron chi connectivity index (χ2n) is 3.15. The Bertz CT molecular complexity index is 346. The van der Waals surface area contributed by atoms with E-state index in [0.717, 1.165) is 0 Å². The molecule has 0 aromatic heterocycles. The molecule has 0 N–H and O–H groups in total. The maximum absolute atomic E-state index is 13.0. The van der Waals surface area contributed by atoms with Gasteiger partial charge in [-0.1, -0.05) is 41.0 Å². The van der Waals surface area contributed by atoms with Crippen molar-refractivity contribution in [3.63, 3.8) is 0 Å². The summed E-state index contributed by atoms with van der Waals surface area (Å²) in [5, 5.41) is 0. The van der Waals surface area contributed by atoms with Crippen molar-refractivity contribution in [1.29, 1.82) is 0 Å². The van der Waals surface area contributed by atoms with Gasteiger partial charge in [0.1, 0.15) is 0 Å². The van der Waals surface area contributed by atoms with E-state index in [-0.39, 0.29) is 6.42 Å². The van der Waals surface area contributed by atoms with Gasteiger partial charge in [-0.25, -0.2) is 22.0 Å². The van der Waals surface area contributed by atoms with Crippen LogP contribution in [0, 0.1) is 29.1 Å². The minimum absolute atomic E-state index is 0.151. The summed E-state index contributed by atoms with van der Waals surface area (Å²) in [5.41, 5.74) is -0.728. The van der Waals surface area contributed by atoms with Crippen LogP contribution >= 0.6 is 0 Å². The Balaban J connectivity index is 0. The lowest BCUT2D eigenvalue weighted by molar-refractivity contribution is 0.369. The normalized spacial score (nSPS) is 9.16. The second kappa shape index (κ2) is 10.8. The van der Waals surface area contributed by atoms with Gasteiger partial charge < -0.3 is 0 Å². The van der Waals surface area contributed by atoms with Crippen LogP contribution in [-0.4, -0.2) is 0 Å². The highest BCUT2D eigenvalue weighted by Gasteiger charge is 2.24. The van der Waals surface area contributed by atoms with Crippen molar-refractivity contribution < 1.29 is 22.0 Å². The van der Waals surface area contributed by atoms with Crippen LogP contribution in [0.15, 0.2) is 0 Å². The summed E-state index contributed by atoms with van der Waals surface area (Å²) >= 11 is 0. The molecular weight excluding hydrogens is 263 g/mol. The van der Waals surface area contributed by atoms with E-state index < -0.39 is 34.6 Å². The Morgan fingerprint density at radius 3 is 1.26 bits per heavy atom. The summed E-state index contributed by atoms with van der Waals surface area (Å²) in [6.45, 7) is 9.76. The van der Waals surface area contributed by atoms with Crippen LogP contribution in [0.2, 0.25) is 0 Å². The zero-order chi connectivity index (χ0) is 15.6. The van der Waals surface area contributed by atoms with Gasteiger partial charge in [-0.15, -0.1) is 0 Å². The van der Waals surface area contributed by atoms with E-state index in [2.05, 4.69) is 0 Å². The fourth-order valence-corrected chi connectivity index (χ4v) is 1.22. The number of halogens is 5. The Labute approximate surface area is 111 Å². The fraction of sp³-hybridized carbons (Fsp3) is 0.571. The van der Waals surface area contributed by atoms with Crippen LogP contribution in [0.1, 0.15) is 53.0 Å². The summed E-state index contributed by atoms with van der Waals surface area (Å²) in [6.07, 6.45) is 0.833. The molecule has 0 aliphatic heterocycles. The summed E-state index contributed by atoms with van der Waals surface area (Å²) in [7, 11) is 0. The van der Waals surface area contributed by atoms with Gasteiger partial charge in [0.15, 0.2) is 23.3 Å². The van der Waals surface area contributed by atoms with Gasteiger partial charge in [0.25, 0.3) is 0 Å². The first-order chi connectivity index (χ1) is 9.00. The topological polar surface area (TPSA) is 0 Å². The second-order valence-corrected chi connectivity index (χ2v) is 3.15. The Kier molecular flexibility index (Phi) is 11.4. The third-order valence-corrected chi connectivity index (χ3v) is 2.08. The molecule has 0 amide bonds. The molecule has 5 heteroatoms. The molecule has 0 aliphatic carbocycles. The van der Waals surface area contributed by atoms with E-state index in [1.165, 1.54) is 0 Å². The fourth-order valence-electron chi connectivity index (χ4n) is 1.22. The predicted molar refractivity (Wildman–Crippen MR) is 67.5 cm³/mol. The van der Waals surface area contributed by atoms with Crippen molar-refractivity contribution in [3.05, 3.63) is 34.6 Å². The summed E-state index contributed by atoms with van der Waals surface area (Å²) in [4.78, 5) is 0. The zero-order valence-corrected chi connectivity index (χ0v) is 12.0. The van der Waals surface area contributed by atoms with Gasteiger partial charge in [-0.05, 0) is 12.8 Å². The van der Waals surface area contributed by atoms with Crippen LogP contribution in [0.3, 0.4) is 0 Å². The van der Waals surface area contributed by atoms with Gasteiger partial charge in [0.2, 0.25) is 5.82 Å². The van der Waals surface area contributed by atoms with Gasteiger partial charge in [0, 0.05) is 5.56 Å². The monoisotopic (exact) mass is 284 g/mol. The van der Waals surface area contributed by atoms with E-state index in [0.29, 0.717) is 12.8 Å². The molecule has 0 heterocycles. The van der Waals surface area contributed by atoms with E-state index in [1.54, 1.807) is 6.92 Å². The molecular formula is C14H21F5. The van der Waals surface area contributed by atoms with Crippen molar-refractivity contribution in [2.75, 3.05) is 0 Å². The van der Waals surface area contributed by atoms with E-state index in [4.69, 9.17) is 0 Å². The van der Waals surface area contributed by atoms with Crippen LogP contribution in [0.4, 0.5) is 22.0 Å². The van der Waals surface area contributed by atoms with E-state index in [9.17, 15) is 22.0 Å². The molecule has 1 aromatic carbocycles. The molecule has 0 atom stereocenters. The smallest absolute Gasteiger partial charge is 0.200 e. The third kappa shape index (κ3) is 5.17. The summed E-state index contributed by atoms with van der Waals surface area (Å²) in [6, 6.07) is 0. The molecule has 112 valence electrons. The Morgan fingerprint density at radius 1 is 0.632 bits per heavy atom. The molecule has 0 bridgehead atoms. The standard InChI is InChI=1S/C10H9F5.2C2H6/c1-2-3-4-5-6(11)8(13)10(15)9(14)7(5)12;2*1-2/h2-4H2,1H3;2*1-2H3. The molecule has 0 spiro atoms. The van der Waals surface area contributed by atoms with E-state index >= 15 is 0 Å². The SMILES string of the molecule is CC.CC.CCCCc1c(F)c(F)c(F)c(F)c1F. The van der Waals surface area contributed by atoms with Crippen molar-refractivity contribution in [2.24, 2.45) is 0 Å². The van der Waals surface area contributed by atoms with Gasteiger partial charge in [-0.2, -0.15) is 0 Å². The first-order valence-corrected chi connectivity index (χ1v) is 6.51. The molecule has 0 saturated carbocycles. The Morgan fingerprint density at radius 2 is 0.947 bits per heavy atom. The molecule has 0 fully saturated rings. The number of benzene rings is 1. The largest absolute Gasteiger partial charge is 0.203 e. The van der Waals surface area contributed by atoms with Crippen molar-refractivity contribution >= 4 is 0 Å². The van der Waals surface area contributed by atoms with Crippen LogP contribution < -0.4 is 0 Å². The van der Waals surface area contributed by atoms with Crippen molar-refractivity contribution in [2.45, 2.75) is 53.9 Å². The lowest BCUT2D eigenvalue weighted by atomic mass is 10.1. The molecule has 0 nitrogen and oxygen atoms in total. The first kappa shape index (κ1) is 20.2. The first-order valence-electron chi connectivity index (χ1n) is 6.51. The summed E-state index contributed by atoms with van der Waals surface area (Å²) < 4.78 is 63.9. The van der Waals surface area contributed by atoms with Gasteiger partial charge >= 0.3 is 0 Å². The lowest BCUT2D eigenvalue weighted by Gasteiger charge is -2.07. The Hall–Kier alpha value is -1.13. The number of rotatable bonds is 3. The average Bonchev–Trinajstić information content (AvgIpc) is 2.47. The maximum atomic E-state index is 13.0. The van der Waals surface area contributed by atoms with Gasteiger partial charge in [-0.3, -0.25) is 0 Å². The van der Waals surface area contributed by atoms with E-state index in [1.807, 2.05) is 27.7 Å². The van der Waals surface area contributed by atoms with Gasteiger partial charge in [0.05, 0.1) is 0 Å². The average molecular weight is 284 g/mol. The van der Waals surface area contributed by atoms with Crippen molar-refractivity contribution in [1.82, 2.24) is 0 Å². The highest BCUT2D eigenvalue weighted by atomic mass is 19.2. The lowest BCUT2D eigenvalue weighted by Crippen LogP contribution is -2.07. The number of hydrogen-bond acceptors (Lipinski definition) is 0. The summed E-state index contributed by atoms with van der Waals surface area (Å²) in [5.74, 6) is -9.30. The molecule has 0 unspecified atom stereocenters. The third-order valence-electron chi connectivity index (χ3n) is 2.08. The molecule has 0 saturated heterocycles.